The van der Waals surface area contributed by atoms with E-state index in [0.717, 1.165) is 6.42 Å². The van der Waals surface area contributed by atoms with E-state index in [0.29, 0.717) is 13.0 Å². The van der Waals surface area contributed by atoms with Crippen LogP contribution in [0.5, 0.6) is 0 Å². The van der Waals surface area contributed by atoms with Gasteiger partial charge in [0, 0.05) is 6.54 Å². The van der Waals surface area contributed by atoms with Crippen molar-refractivity contribution in [3.05, 3.63) is 0 Å². The largest absolute Gasteiger partial charge is 0.480 e. The summed E-state index contributed by atoms with van der Waals surface area (Å²) in [5.41, 5.74) is 0. The third-order valence-electron chi connectivity index (χ3n) is 2.30. The molecule has 0 saturated heterocycles. The fraction of sp³-hybridized carbons (Fsp3) is 0.800. The Hall–Kier alpha value is -1.26. The Labute approximate surface area is 90.2 Å². The van der Waals surface area contributed by atoms with E-state index in [1.807, 2.05) is 13.8 Å². The van der Waals surface area contributed by atoms with Crippen molar-refractivity contribution in [2.45, 2.75) is 39.7 Å². The predicted molar refractivity (Wildman–Crippen MR) is 57.7 cm³/mol. The molecule has 3 N–H and O–H groups in total. The molecule has 0 saturated carbocycles. The molecule has 5 heteroatoms. The van der Waals surface area contributed by atoms with Crippen LogP contribution in [0.4, 0.5) is 4.79 Å². The van der Waals surface area contributed by atoms with Gasteiger partial charge in [-0.3, -0.25) is 0 Å². The Bertz CT molecular complexity index is 219. The van der Waals surface area contributed by atoms with Crippen LogP contribution in [0.2, 0.25) is 0 Å². The summed E-state index contributed by atoms with van der Waals surface area (Å²) in [4.78, 5) is 22.1. The highest BCUT2D eigenvalue weighted by Crippen LogP contribution is 2.07. The Morgan fingerprint density at radius 3 is 2.33 bits per heavy atom. The first-order valence-corrected chi connectivity index (χ1v) is 5.30. The maximum absolute atomic E-state index is 11.3. The second-order valence-corrected chi connectivity index (χ2v) is 3.60. The maximum atomic E-state index is 11.3. The number of carbonyl (C=O) groups is 2. The summed E-state index contributed by atoms with van der Waals surface area (Å²) < 4.78 is 0. The third-order valence-corrected chi connectivity index (χ3v) is 2.30. The molecule has 0 aromatic heterocycles. The molecule has 2 atom stereocenters. The molecule has 0 spiro atoms. The fourth-order valence-corrected chi connectivity index (χ4v) is 1.11. The van der Waals surface area contributed by atoms with E-state index in [4.69, 9.17) is 5.11 Å². The number of amides is 2. The minimum absolute atomic E-state index is 0.0742. The molecule has 0 aromatic rings. The zero-order valence-electron chi connectivity index (χ0n) is 9.54. The minimum atomic E-state index is -0.990. The zero-order chi connectivity index (χ0) is 11.8. The Morgan fingerprint density at radius 2 is 1.93 bits per heavy atom. The highest BCUT2D eigenvalue weighted by atomic mass is 16.4. The molecule has 0 aliphatic heterocycles. The summed E-state index contributed by atoms with van der Waals surface area (Å²) in [5, 5.41) is 13.9. The van der Waals surface area contributed by atoms with Gasteiger partial charge in [-0.25, -0.2) is 9.59 Å². The third kappa shape index (κ3) is 5.24. The van der Waals surface area contributed by atoms with Crippen molar-refractivity contribution in [3.8, 4) is 0 Å². The standard InChI is InChI=1S/C10H20N2O3/c1-4-6-11-10(15)12-8(9(13)14)7(3)5-2/h7-8H,4-6H2,1-3H3,(H,13,14)(H2,11,12,15)/t7-,8-/m0/s1. The molecule has 0 aliphatic rings. The van der Waals surface area contributed by atoms with Gasteiger partial charge in [-0.15, -0.1) is 0 Å². The number of aliphatic carboxylic acids is 1. The second kappa shape index (κ2) is 7.09. The molecule has 0 aromatic carbocycles. The van der Waals surface area contributed by atoms with Crippen LogP contribution in [-0.4, -0.2) is 29.7 Å². The molecule has 88 valence electrons. The van der Waals surface area contributed by atoms with Gasteiger partial charge in [-0.05, 0) is 12.3 Å². The van der Waals surface area contributed by atoms with Crippen LogP contribution in [0.1, 0.15) is 33.6 Å². The van der Waals surface area contributed by atoms with Crippen LogP contribution in [0.25, 0.3) is 0 Å². The average molecular weight is 216 g/mol. The van der Waals surface area contributed by atoms with E-state index < -0.39 is 18.0 Å². The molecule has 0 unspecified atom stereocenters. The van der Waals surface area contributed by atoms with Crippen molar-refractivity contribution in [1.29, 1.82) is 0 Å². The molecule has 0 heterocycles. The van der Waals surface area contributed by atoms with Gasteiger partial charge in [-0.2, -0.15) is 0 Å². The number of carboxylic acids is 1. The summed E-state index contributed by atoms with van der Waals surface area (Å²) in [6.07, 6.45) is 1.54. The SMILES string of the molecule is CCCNC(=O)N[C@H](C(=O)O)[C@@H](C)CC. The molecule has 0 bridgehead atoms. The van der Waals surface area contributed by atoms with Crippen molar-refractivity contribution in [2.24, 2.45) is 5.92 Å². The molecule has 0 fully saturated rings. The number of nitrogens with one attached hydrogen (secondary N) is 2. The van der Waals surface area contributed by atoms with Gasteiger partial charge < -0.3 is 15.7 Å². The van der Waals surface area contributed by atoms with Crippen LogP contribution in [0.3, 0.4) is 0 Å². The minimum Gasteiger partial charge on any atom is -0.480 e. The van der Waals surface area contributed by atoms with E-state index in [-0.39, 0.29) is 5.92 Å². The molecule has 0 aliphatic carbocycles. The normalized spacial score (nSPS) is 14.1. The average Bonchev–Trinajstić information content (AvgIpc) is 2.21. The Morgan fingerprint density at radius 1 is 1.33 bits per heavy atom. The van der Waals surface area contributed by atoms with Crippen molar-refractivity contribution < 1.29 is 14.7 Å². The van der Waals surface area contributed by atoms with Gasteiger partial charge in [0.05, 0.1) is 0 Å². The van der Waals surface area contributed by atoms with Crippen LogP contribution in [0, 0.1) is 5.92 Å². The summed E-state index contributed by atoms with van der Waals surface area (Å²) in [6, 6.07) is -1.23. The number of carboxylic acid groups (broad SMARTS) is 1. The Balaban J connectivity index is 4.16. The monoisotopic (exact) mass is 216 g/mol. The number of carbonyl (C=O) groups excluding carboxylic acids is 1. The van der Waals surface area contributed by atoms with E-state index in [1.54, 1.807) is 6.92 Å². The van der Waals surface area contributed by atoms with Crippen LogP contribution in [-0.2, 0) is 4.79 Å². The molecule has 0 rings (SSSR count). The summed E-state index contributed by atoms with van der Waals surface area (Å²) in [5.74, 6) is -1.06. The quantitative estimate of drug-likeness (QED) is 0.624. The van der Waals surface area contributed by atoms with E-state index in [9.17, 15) is 9.59 Å². The van der Waals surface area contributed by atoms with E-state index in [2.05, 4.69) is 10.6 Å². The van der Waals surface area contributed by atoms with Gasteiger partial charge in [0.15, 0.2) is 0 Å². The van der Waals surface area contributed by atoms with Crippen LogP contribution < -0.4 is 10.6 Å². The van der Waals surface area contributed by atoms with Crippen LogP contribution >= 0.6 is 0 Å². The van der Waals surface area contributed by atoms with Gasteiger partial charge in [0.2, 0.25) is 0 Å². The number of urea groups is 1. The predicted octanol–water partition coefficient (Wildman–Crippen LogP) is 1.19. The summed E-state index contributed by atoms with van der Waals surface area (Å²) >= 11 is 0. The number of rotatable bonds is 6. The first kappa shape index (κ1) is 13.7. The van der Waals surface area contributed by atoms with Gasteiger partial charge in [0.1, 0.15) is 6.04 Å². The lowest BCUT2D eigenvalue weighted by atomic mass is 9.99. The van der Waals surface area contributed by atoms with E-state index in [1.165, 1.54) is 0 Å². The fourth-order valence-electron chi connectivity index (χ4n) is 1.11. The lowest BCUT2D eigenvalue weighted by molar-refractivity contribution is -0.140. The lowest BCUT2D eigenvalue weighted by Gasteiger charge is -2.20. The van der Waals surface area contributed by atoms with Crippen LogP contribution in [0.15, 0.2) is 0 Å². The summed E-state index contributed by atoms with van der Waals surface area (Å²) in [6.45, 7) is 6.19. The number of hydrogen-bond acceptors (Lipinski definition) is 2. The molecule has 2 amide bonds. The highest BCUT2D eigenvalue weighted by molar-refractivity contribution is 5.82. The van der Waals surface area contributed by atoms with Crippen molar-refractivity contribution in [3.63, 3.8) is 0 Å². The summed E-state index contributed by atoms with van der Waals surface area (Å²) in [7, 11) is 0. The number of hydrogen-bond donors (Lipinski definition) is 3. The van der Waals surface area contributed by atoms with Gasteiger partial charge in [-0.1, -0.05) is 27.2 Å². The molecule has 5 nitrogen and oxygen atoms in total. The van der Waals surface area contributed by atoms with E-state index >= 15 is 0 Å². The molecular formula is C10H20N2O3. The van der Waals surface area contributed by atoms with Crippen molar-refractivity contribution in [2.75, 3.05) is 6.54 Å². The van der Waals surface area contributed by atoms with Gasteiger partial charge in [0.25, 0.3) is 0 Å². The zero-order valence-corrected chi connectivity index (χ0v) is 9.54. The smallest absolute Gasteiger partial charge is 0.326 e. The molecular weight excluding hydrogens is 196 g/mol. The van der Waals surface area contributed by atoms with Gasteiger partial charge >= 0.3 is 12.0 Å². The van der Waals surface area contributed by atoms with Crippen molar-refractivity contribution >= 4 is 12.0 Å². The highest BCUT2D eigenvalue weighted by Gasteiger charge is 2.24. The first-order valence-electron chi connectivity index (χ1n) is 5.30. The maximum Gasteiger partial charge on any atom is 0.326 e. The lowest BCUT2D eigenvalue weighted by Crippen LogP contribution is -2.49. The molecule has 0 radical (unpaired) electrons. The second-order valence-electron chi connectivity index (χ2n) is 3.60. The molecule has 15 heavy (non-hydrogen) atoms. The first-order chi connectivity index (χ1) is 7.02. The topological polar surface area (TPSA) is 78.4 Å². The van der Waals surface area contributed by atoms with Crippen molar-refractivity contribution in [1.82, 2.24) is 10.6 Å². The Kier molecular flexibility index (Phi) is 6.49.